The maximum absolute atomic E-state index is 12.3. The molecule has 21 heavy (non-hydrogen) atoms. The fraction of sp³-hybridized carbons (Fsp3) is 0.867. The summed E-state index contributed by atoms with van der Waals surface area (Å²) in [6.07, 6.45) is 2.50. The van der Waals surface area contributed by atoms with E-state index in [1.54, 1.807) is 0 Å². The van der Waals surface area contributed by atoms with E-state index in [1.165, 1.54) is 7.11 Å². The molecule has 0 aliphatic carbocycles. The zero-order valence-corrected chi connectivity index (χ0v) is 13.1. The lowest BCUT2D eigenvalue weighted by Crippen LogP contribution is -2.45. The monoisotopic (exact) mass is 297 g/mol. The van der Waals surface area contributed by atoms with Crippen LogP contribution in [0.25, 0.3) is 0 Å². The fourth-order valence-corrected chi connectivity index (χ4v) is 3.26. The van der Waals surface area contributed by atoms with Crippen molar-refractivity contribution < 1.29 is 14.3 Å². The maximum atomic E-state index is 12.3. The number of likely N-dealkylation sites (tertiary alicyclic amines) is 2. The molecule has 2 aliphatic heterocycles. The number of carbonyl (C=O) groups is 2. The van der Waals surface area contributed by atoms with Crippen LogP contribution in [0.15, 0.2) is 0 Å². The molecular formula is C15H27N3O3. The normalized spacial score (nSPS) is 25.9. The molecule has 0 aromatic rings. The summed E-state index contributed by atoms with van der Waals surface area (Å²) in [6.45, 7) is 5.70. The molecule has 1 amide bonds. The van der Waals surface area contributed by atoms with Crippen molar-refractivity contribution in [2.45, 2.75) is 32.2 Å². The Bertz CT molecular complexity index is 378. The first-order chi connectivity index (χ1) is 10.0. The number of amides is 1. The van der Waals surface area contributed by atoms with Crippen molar-refractivity contribution in [1.82, 2.24) is 9.80 Å². The summed E-state index contributed by atoms with van der Waals surface area (Å²) in [5.41, 5.74) is 5.92. The Kier molecular flexibility index (Phi) is 5.58. The average Bonchev–Trinajstić information content (AvgIpc) is 2.95. The summed E-state index contributed by atoms with van der Waals surface area (Å²) in [4.78, 5) is 27.9. The highest BCUT2D eigenvalue weighted by Crippen LogP contribution is 2.21. The smallest absolute Gasteiger partial charge is 0.308 e. The molecule has 2 atom stereocenters. The minimum Gasteiger partial charge on any atom is -0.469 e. The van der Waals surface area contributed by atoms with E-state index in [9.17, 15) is 9.59 Å². The average molecular weight is 297 g/mol. The van der Waals surface area contributed by atoms with Gasteiger partial charge < -0.3 is 15.4 Å². The van der Waals surface area contributed by atoms with E-state index in [-0.39, 0.29) is 23.8 Å². The first-order valence-electron chi connectivity index (χ1n) is 7.84. The summed E-state index contributed by atoms with van der Waals surface area (Å²) >= 11 is 0. The summed E-state index contributed by atoms with van der Waals surface area (Å²) in [5, 5.41) is 0. The Hall–Kier alpha value is -1.14. The van der Waals surface area contributed by atoms with Gasteiger partial charge in [0.1, 0.15) is 0 Å². The van der Waals surface area contributed by atoms with Crippen LogP contribution in [-0.2, 0) is 14.3 Å². The molecule has 2 unspecified atom stereocenters. The minimum atomic E-state index is -0.151. The Labute approximate surface area is 126 Å². The predicted octanol–water partition coefficient (Wildman–Crippen LogP) is 0.0671. The van der Waals surface area contributed by atoms with Gasteiger partial charge in [-0.3, -0.25) is 14.5 Å². The van der Waals surface area contributed by atoms with Gasteiger partial charge in [-0.2, -0.15) is 0 Å². The van der Waals surface area contributed by atoms with Crippen molar-refractivity contribution >= 4 is 11.9 Å². The van der Waals surface area contributed by atoms with Crippen LogP contribution >= 0.6 is 0 Å². The Balaban J connectivity index is 1.74. The van der Waals surface area contributed by atoms with E-state index < -0.39 is 0 Å². The van der Waals surface area contributed by atoms with Gasteiger partial charge in [-0.25, -0.2) is 0 Å². The van der Waals surface area contributed by atoms with Crippen molar-refractivity contribution in [2.24, 2.45) is 17.6 Å². The van der Waals surface area contributed by atoms with Gasteiger partial charge in [-0.05, 0) is 38.6 Å². The van der Waals surface area contributed by atoms with E-state index in [4.69, 9.17) is 10.5 Å². The molecule has 0 bridgehead atoms. The first-order valence-corrected chi connectivity index (χ1v) is 7.84. The van der Waals surface area contributed by atoms with Crippen LogP contribution in [0.5, 0.6) is 0 Å². The third-order valence-electron chi connectivity index (χ3n) is 4.79. The number of carbonyl (C=O) groups excluding carboxylic acids is 2. The summed E-state index contributed by atoms with van der Waals surface area (Å²) in [7, 11) is 1.42. The molecule has 120 valence electrons. The Morgan fingerprint density at radius 2 is 1.90 bits per heavy atom. The van der Waals surface area contributed by atoms with Gasteiger partial charge in [-0.15, -0.1) is 0 Å². The van der Waals surface area contributed by atoms with Crippen molar-refractivity contribution in [1.29, 1.82) is 0 Å². The number of rotatable bonds is 4. The Morgan fingerprint density at radius 3 is 2.43 bits per heavy atom. The lowest BCUT2D eigenvalue weighted by molar-refractivity contribution is -0.149. The lowest BCUT2D eigenvalue weighted by atomic mass is 9.97. The molecule has 0 spiro atoms. The molecule has 2 heterocycles. The van der Waals surface area contributed by atoms with E-state index >= 15 is 0 Å². The standard InChI is InChI=1S/C15H27N3O3/c1-11(16)13-3-6-17(9-13)10-14(19)18-7-4-12(5-8-18)15(20)21-2/h11-13H,3-10,16H2,1-2H3. The number of hydrogen-bond donors (Lipinski definition) is 1. The maximum Gasteiger partial charge on any atom is 0.308 e. The van der Waals surface area contributed by atoms with Crippen LogP contribution in [0.2, 0.25) is 0 Å². The van der Waals surface area contributed by atoms with Crippen LogP contribution in [0, 0.1) is 11.8 Å². The first kappa shape index (κ1) is 16.2. The van der Waals surface area contributed by atoms with Gasteiger partial charge in [0.25, 0.3) is 0 Å². The van der Waals surface area contributed by atoms with E-state index in [1.807, 2.05) is 11.8 Å². The van der Waals surface area contributed by atoms with Crippen LogP contribution in [0.4, 0.5) is 0 Å². The topological polar surface area (TPSA) is 75.9 Å². The zero-order valence-electron chi connectivity index (χ0n) is 13.1. The molecule has 6 nitrogen and oxygen atoms in total. The molecule has 2 aliphatic rings. The van der Waals surface area contributed by atoms with Gasteiger partial charge in [0.05, 0.1) is 19.6 Å². The molecule has 0 radical (unpaired) electrons. The minimum absolute atomic E-state index is 0.0479. The molecule has 2 N–H and O–H groups in total. The summed E-state index contributed by atoms with van der Waals surface area (Å²) in [5.74, 6) is 0.473. The number of hydrogen-bond acceptors (Lipinski definition) is 5. The second-order valence-corrected chi connectivity index (χ2v) is 6.32. The highest BCUT2D eigenvalue weighted by atomic mass is 16.5. The highest BCUT2D eigenvalue weighted by Gasteiger charge is 2.31. The summed E-state index contributed by atoms with van der Waals surface area (Å²) < 4.78 is 4.76. The molecular weight excluding hydrogens is 270 g/mol. The lowest BCUT2D eigenvalue weighted by Gasteiger charge is -2.32. The quantitative estimate of drug-likeness (QED) is 0.743. The molecule has 2 rings (SSSR count). The van der Waals surface area contributed by atoms with Crippen LogP contribution < -0.4 is 5.73 Å². The largest absolute Gasteiger partial charge is 0.469 e. The second-order valence-electron chi connectivity index (χ2n) is 6.32. The van der Waals surface area contributed by atoms with Crippen LogP contribution in [0.1, 0.15) is 26.2 Å². The second kappa shape index (κ2) is 7.22. The van der Waals surface area contributed by atoms with Crippen molar-refractivity contribution in [3.05, 3.63) is 0 Å². The van der Waals surface area contributed by atoms with Crippen LogP contribution in [0.3, 0.4) is 0 Å². The predicted molar refractivity (Wildman–Crippen MR) is 79.5 cm³/mol. The third-order valence-corrected chi connectivity index (χ3v) is 4.79. The van der Waals surface area contributed by atoms with Crippen LogP contribution in [-0.4, -0.2) is 67.6 Å². The van der Waals surface area contributed by atoms with Crippen molar-refractivity contribution in [3.8, 4) is 0 Å². The van der Waals surface area contributed by atoms with Gasteiger partial charge in [-0.1, -0.05) is 0 Å². The number of ether oxygens (including phenoxy) is 1. The third kappa shape index (κ3) is 4.17. The summed E-state index contributed by atoms with van der Waals surface area (Å²) in [6, 6.07) is 0.195. The van der Waals surface area contributed by atoms with Gasteiger partial charge in [0, 0.05) is 25.7 Å². The molecule has 6 heteroatoms. The molecule has 2 fully saturated rings. The van der Waals surface area contributed by atoms with Gasteiger partial charge >= 0.3 is 5.97 Å². The number of esters is 1. The van der Waals surface area contributed by atoms with E-state index in [2.05, 4.69) is 4.90 Å². The van der Waals surface area contributed by atoms with E-state index in [0.29, 0.717) is 38.4 Å². The van der Waals surface area contributed by atoms with Gasteiger partial charge in [0.15, 0.2) is 0 Å². The molecule has 0 aromatic heterocycles. The van der Waals surface area contributed by atoms with Crippen molar-refractivity contribution in [2.75, 3.05) is 39.8 Å². The SMILES string of the molecule is COC(=O)C1CCN(C(=O)CN2CCC(C(C)N)C2)CC1. The zero-order chi connectivity index (χ0) is 15.4. The molecule has 0 saturated carbocycles. The molecule has 2 saturated heterocycles. The number of methoxy groups -OCH3 is 1. The number of nitrogens with two attached hydrogens (primary N) is 1. The highest BCUT2D eigenvalue weighted by molar-refractivity contribution is 5.79. The fourth-order valence-electron chi connectivity index (χ4n) is 3.26. The van der Waals surface area contributed by atoms with E-state index in [0.717, 1.165) is 19.5 Å². The van der Waals surface area contributed by atoms with Gasteiger partial charge in [0.2, 0.25) is 5.91 Å². The molecule has 0 aromatic carbocycles. The van der Waals surface area contributed by atoms with Crippen molar-refractivity contribution in [3.63, 3.8) is 0 Å². The number of nitrogens with zero attached hydrogens (tertiary/aromatic N) is 2. The number of piperidine rings is 1. The Morgan fingerprint density at radius 1 is 1.24 bits per heavy atom.